The van der Waals surface area contributed by atoms with Crippen molar-refractivity contribution in [2.24, 2.45) is 5.92 Å². The first kappa shape index (κ1) is 15.7. The number of aryl methyl sites for hydroxylation is 1. The van der Waals surface area contributed by atoms with Crippen molar-refractivity contribution in [2.45, 2.75) is 20.3 Å². The number of aliphatic hydroxyl groups excluding tert-OH is 1. The molecule has 3 nitrogen and oxygen atoms in total. The van der Waals surface area contributed by atoms with E-state index in [-0.39, 0.29) is 18.4 Å². The van der Waals surface area contributed by atoms with Crippen molar-refractivity contribution < 1.29 is 9.90 Å². The molecule has 0 aromatic heterocycles. The number of carbonyl (C=O) groups is 1. The highest BCUT2D eigenvalue weighted by molar-refractivity contribution is 6.31. The van der Waals surface area contributed by atoms with E-state index in [1.54, 1.807) is 6.08 Å². The summed E-state index contributed by atoms with van der Waals surface area (Å²) in [5.74, 6) is 0.137. The van der Waals surface area contributed by atoms with Gasteiger partial charge >= 0.3 is 0 Å². The second kappa shape index (κ2) is 7.97. The zero-order valence-electron chi connectivity index (χ0n) is 11.3. The van der Waals surface area contributed by atoms with Gasteiger partial charge in [0.2, 0.25) is 5.91 Å². The predicted octanol–water partition coefficient (Wildman–Crippen LogP) is 2.80. The summed E-state index contributed by atoms with van der Waals surface area (Å²) in [6.07, 6.45) is 3.92. The number of nitrogens with one attached hydrogen (secondary N) is 1. The van der Waals surface area contributed by atoms with Crippen LogP contribution in [0, 0.1) is 12.8 Å². The molecule has 0 aliphatic heterocycles. The van der Waals surface area contributed by atoms with Gasteiger partial charge in [-0.05, 0) is 42.5 Å². The van der Waals surface area contributed by atoms with Gasteiger partial charge in [0, 0.05) is 24.3 Å². The first-order chi connectivity index (χ1) is 9.02. The van der Waals surface area contributed by atoms with Crippen LogP contribution in [-0.2, 0) is 4.79 Å². The van der Waals surface area contributed by atoms with Gasteiger partial charge in [0.1, 0.15) is 0 Å². The molecular weight excluding hydrogens is 262 g/mol. The highest BCUT2D eigenvalue weighted by atomic mass is 35.5. The van der Waals surface area contributed by atoms with Gasteiger partial charge in [-0.1, -0.05) is 30.7 Å². The summed E-state index contributed by atoms with van der Waals surface area (Å²) >= 11 is 6.01. The molecule has 0 saturated carbocycles. The number of hydrogen-bond acceptors (Lipinski definition) is 2. The third-order valence-electron chi connectivity index (χ3n) is 2.87. The summed E-state index contributed by atoms with van der Waals surface area (Å²) in [6.45, 7) is 4.64. The molecule has 0 bridgehead atoms. The Labute approximate surface area is 119 Å². The molecule has 1 rings (SSSR count). The van der Waals surface area contributed by atoms with E-state index in [4.69, 9.17) is 16.7 Å². The molecule has 0 fully saturated rings. The van der Waals surface area contributed by atoms with Crippen molar-refractivity contribution in [1.29, 1.82) is 0 Å². The second-order valence-electron chi connectivity index (χ2n) is 4.70. The molecule has 104 valence electrons. The number of rotatable bonds is 6. The maximum absolute atomic E-state index is 11.6. The summed E-state index contributed by atoms with van der Waals surface area (Å²) in [5, 5.41) is 12.3. The summed E-state index contributed by atoms with van der Waals surface area (Å²) in [4.78, 5) is 11.6. The molecule has 19 heavy (non-hydrogen) atoms. The Morgan fingerprint density at radius 2 is 2.26 bits per heavy atom. The highest BCUT2D eigenvalue weighted by Gasteiger charge is 2.02. The molecule has 0 saturated heterocycles. The van der Waals surface area contributed by atoms with Crippen LogP contribution < -0.4 is 5.32 Å². The Morgan fingerprint density at radius 1 is 1.53 bits per heavy atom. The fourth-order valence-electron chi connectivity index (χ4n) is 1.54. The summed E-state index contributed by atoms with van der Waals surface area (Å²) < 4.78 is 0. The lowest BCUT2D eigenvalue weighted by Crippen LogP contribution is -2.26. The van der Waals surface area contributed by atoms with Crippen LogP contribution in [0.5, 0.6) is 0 Å². The van der Waals surface area contributed by atoms with Crippen LogP contribution in [0.25, 0.3) is 6.08 Å². The zero-order chi connectivity index (χ0) is 14.3. The third kappa shape index (κ3) is 5.90. The molecule has 0 aliphatic rings. The van der Waals surface area contributed by atoms with E-state index in [0.717, 1.165) is 11.1 Å². The van der Waals surface area contributed by atoms with E-state index in [1.807, 2.05) is 32.0 Å². The zero-order valence-corrected chi connectivity index (χ0v) is 12.1. The fourth-order valence-corrected chi connectivity index (χ4v) is 1.73. The molecule has 0 radical (unpaired) electrons. The minimum absolute atomic E-state index is 0.138. The van der Waals surface area contributed by atoms with E-state index >= 15 is 0 Å². The number of benzene rings is 1. The normalized spacial score (nSPS) is 12.6. The van der Waals surface area contributed by atoms with Crippen LogP contribution in [0.3, 0.4) is 0 Å². The summed E-state index contributed by atoms with van der Waals surface area (Å²) in [7, 11) is 0. The van der Waals surface area contributed by atoms with Gasteiger partial charge in [-0.3, -0.25) is 4.79 Å². The van der Waals surface area contributed by atoms with Crippen molar-refractivity contribution in [3.05, 3.63) is 40.4 Å². The molecule has 1 aromatic rings. The molecule has 1 amide bonds. The van der Waals surface area contributed by atoms with Gasteiger partial charge in [0.15, 0.2) is 0 Å². The smallest absolute Gasteiger partial charge is 0.244 e. The van der Waals surface area contributed by atoms with E-state index in [2.05, 4.69) is 5.32 Å². The third-order valence-corrected chi connectivity index (χ3v) is 3.28. The van der Waals surface area contributed by atoms with Crippen LogP contribution in [0.4, 0.5) is 0 Å². The Bertz CT molecular complexity index is 457. The topological polar surface area (TPSA) is 49.3 Å². The van der Waals surface area contributed by atoms with Crippen molar-refractivity contribution in [2.75, 3.05) is 13.2 Å². The Morgan fingerprint density at radius 3 is 2.89 bits per heavy atom. The SMILES string of the molecule is Cc1ccc(C=CC(=O)NCC(C)CCO)cc1Cl. The average Bonchev–Trinajstić information content (AvgIpc) is 2.38. The molecule has 0 heterocycles. The number of hydrogen-bond donors (Lipinski definition) is 2. The van der Waals surface area contributed by atoms with Crippen LogP contribution in [0.1, 0.15) is 24.5 Å². The predicted molar refractivity (Wildman–Crippen MR) is 79.1 cm³/mol. The quantitative estimate of drug-likeness (QED) is 0.788. The molecule has 1 unspecified atom stereocenters. The molecule has 0 aliphatic carbocycles. The van der Waals surface area contributed by atoms with Crippen LogP contribution in [-0.4, -0.2) is 24.2 Å². The van der Waals surface area contributed by atoms with Crippen molar-refractivity contribution in [3.8, 4) is 0 Å². The minimum atomic E-state index is -0.138. The van der Waals surface area contributed by atoms with Gasteiger partial charge in [-0.25, -0.2) is 0 Å². The number of halogens is 1. The summed E-state index contributed by atoms with van der Waals surface area (Å²) in [5.41, 5.74) is 1.91. The lowest BCUT2D eigenvalue weighted by atomic mass is 10.1. The van der Waals surface area contributed by atoms with Gasteiger partial charge in [-0.15, -0.1) is 0 Å². The Hall–Kier alpha value is -1.32. The number of amides is 1. The maximum atomic E-state index is 11.6. The molecule has 4 heteroatoms. The minimum Gasteiger partial charge on any atom is -0.396 e. The second-order valence-corrected chi connectivity index (χ2v) is 5.11. The van der Waals surface area contributed by atoms with Gasteiger partial charge in [-0.2, -0.15) is 0 Å². The lowest BCUT2D eigenvalue weighted by molar-refractivity contribution is -0.116. The van der Waals surface area contributed by atoms with Gasteiger partial charge in [0.25, 0.3) is 0 Å². The largest absolute Gasteiger partial charge is 0.396 e. The van der Waals surface area contributed by atoms with Crippen molar-refractivity contribution in [3.63, 3.8) is 0 Å². The lowest BCUT2D eigenvalue weighted by Gasteiger charge is -2.09. The van der Waals surface area contributed by atoms with E-state index in [1.165, 1.54) is 6.08 Å². The fraction of sp³-hybridized carbons (Fsp3) is 0.400. The van der Waals surface area contributed by atoms with Gasteiger partial charge < -0.3 is 10.4 Å². The standard InChI is InChI=1S/C15H20ClNO2/c1-11(7-8-18)10-17-15(19)6-5-13-4-3-12(2)14(16)9-13/h3-6,9,11,18H,7-8,10H2,1-2H3,(H,17,19). The Balaban J connectivity index is 2.47. The molecular formula is C15H20ClNO2. The van der Waals surface area contributed by atoms with Crippen LogP contribution in [0.15, 0.2) is 24.3 Å². The van der Waals surface area contributed by atoms with Crippen molar-refractivity contribution in [1.82, 2.24) is 5.32 Å². The van der Waals surface area contributed by atoms with Gasteiger partial charge in [0.05, 0.1) is 0 Å². The molecule has 1 atom stereocenters. The monoisotopic (exact) mass is 281 g/mol. The van der Waals surface area contributed by atoms with E-state index in [9.17, 15) is 4.79 Å². The van der Waals surface area contributed by atoms with Crippen LogP contribution in [0.2, 0.25) is 5.02 Å². The number of carbonyl (C=O) groups excluding carboxylic acids is 1. The Kier molecular flexibility index (Phi) is 6.60. The maximum Gasteiger partial charge on any atom is 0.244 e. The molecule has 1 aromatic carbocycles. The number of aliphatic hydroxyl groups is 1. The summed E-state index contributed by atoms with van der Waals surface area (Å²) in [6, 6.07) is 5.66. The molecule has 2 N–H and O–H groups in total. The molecule has 0 spiro atoms. The van der Waals surface area contributed by atoms with Crippen LogP contribution >= 0.6 is 11.6 Å². The first-order valence-electron chi connectivity index (χ1n) is 6.36. The highest BCUT2D eigenvalue weighted by Crippen LogP contribution is 2.17. The first-order valence-corrected chi connectivity index (χ1v) is 6.73. The average molecular weight is 282 g/mol. The van der Waals surface area contributed by atoms with E-state index in [0.29, 0.717) is 18.0 Å². The van der Waals surface area contributed by atoms with E-state index < -0.39 is 0 Å². The van der Waals surface area contributed by atoms with Crippen molar-refractivity contribution >= 4 is 23.6 Å².